The summed E-state index contributed by atoms with van der Waals surface area (Å²) in [5.41, 5.74) is 1.35. The molecular formula is C7H11IN2. The summed E-state index contributed by atoms with van der Waals surface area (Å²) >= 11 is 2.32. The van der Waals surface area contributed by atoms with Crippen LogP contribution in [0.15, 0.2) is 6.20 Å². The minimum absolute atomic E-state index is 0.978. The van der Waals surface area contributed by atoms with E-state index in [0.29, 0.717) is 0 Å². The Bertz CT molecular complexity index is 217. The predicted molar refractivity (Wildman–Crippen MR) is 50.0 cm³/mol. The Balaban J connectivity index is 3.01. The standard InChI is InChI=1S/C7H11IN2/c1-3-7-6(8)5-9-10(7)4-2/h5H,3-4H2,1-2H3. The van der Waals surface area contributed by atoms with Gasteiger partial charge in [-0.2, -0.15) is 5.10 Å². The average Bonchev–Trinajstić information content (AvgIpc) is 2.30. The third-order valence-electron chi connectivity index (χ3n) is 1.53. The number of hydrogen-bond donors (Lipinski definition) is 0. The molecule has 1 heterocycles. The number of aromatic nitrogens is 2. The second-order valence-corrected chi connectivity index (χ2v) is 3.27. The maximum absolute atomic E-state index is 4.21. The van der Waals surface area contributed by atoms with Crippen LogP contribution in [0.3, 0.4) is 0 Å². The molecule has 0 saturated heterocycles. The van der Waals surface area contributed by atoms with Crippen molar-refractivity contribution in [2.75, 3.05) is 0 Å². The molecule has 10 heavy (non-hydrogen) atoms. The van der Waals surface area contributed by atoms with Crippen LogP contribution < -0.4 is 0 Å². The van der Waals surface area contributed by atoms with Crippen LogP contribution in [0.1, 0.15) is 19.5 Å². The topological polar surface area (TPSA) is 17.8 Å². The summed E-state index contributed by atoms with van der Waals surface area (Å²) in [5, 5.41) is 4.21. The fourth-order valence-corrected chi connectivity index (χ4v) is 1.80. The van der Waals surface area contributed by atoms with Crippen LogP contribution in [-0.2, 0) is 13.0 Å². The van der Waals surface area contributed by atoms with E-state index in [4.69, 9.17) is 0 Å². The van der Waals surface area contributed by atoms with Gasteiger partial charge < -0.3 is 0 Å². The van der Waals surface area contributed by atoms with Gasteiger partial charge in [-0.15, -0.1) is 0 Å². The fourth-order valence-electron chi connectivity index (χ4n) is 1.01. The lowest BCUT2D eigenvalue weighted by molar-refractivity contribution is 0.625. The number of rotatable bonds is 2. The molecule has 0 amide bonds. The van der Waals surface area contributed by atoms with E-state index in [1.807, 2.05) is 10.9 Å². The molecule has 0 bridgehead atoms. The Morgan fingerprint density at radius 3 is 2.70 bits per heavy atom. The summed E-state index contributed by atoms with van der Waals surface area (Å²) in [7, 11) is 0. The molecule has 0 aliphatic heterocycles. The van der Waals surface area contributed by atoms with Gasteiger partial charge in [-0.25, -0.2) is 0 Å². The third kappa shape index (κ3) is 1.33. The second-order valence-electron chi connectivity index (χ2n) is 2.11. The molecule has 0 unspecified atom stereocenters. The quantitative estimate of drug-likeness (QED) is 0.734. The lowest BCUT2D eigenvalue weighted by Crippen LogP contribution is -2.01. The van der Waals surface area contributed by atoms with Crippen LogP contribution in [0.4, 0.5) is 0 Å². The second kappa shape index (κ2) is 3.37. The molecule has 3 heteroatoms. The number of nitrogens with zero attached hydrogens (tertiary/aromatic N) is 2. The molecule has 0 aromatic carbocycles. The number of aryl methyl sites for hydroxylation is 1. The number of halogens is 1. The Morgan fingerprint density at radius 2 is 2.30 bits per heavy atom. The first-order valence-electron chi connectivity index (χ1n) is 3.49. The lowest BCUT2D eigenvalue weighted by atomic mass is 10.3. The van der Waals surface area contributed by atoms with Crippen molar-refractivity contribution in [2.45, 2.75) is 26.8 Å². The largest absolute Gasteiger partial charge is 0.269 e. The molecular weight excluding hydrogens is 239 g/mol. The minimum Gasteiger partial charge on any atom is -0.269 e. The van der Waals surface area contributed by atoms with Gasteiger partial charge in [-0.1, -0.05) is 6.92 Å². The van der Waals surface area contributed by atoms with E-state index in [0.717, 1.165) is 13.0 Å². The first kappa shape index (κ1) is 8.04. The average molecular weight is 250 g/mol. The summed E-state index contributed by atoms with van der Waals surface area (Å²) in [6, 6.07) is 0. The monoisotopic (exact) mass is 250 g/mol. The lowest BCUT2D eigenvalue weighted by Gasteiger charge is -2.00. The first-order chi connectivity index (χ1) is 4.79. The van der Waals surface area contributed by atoms with Crippen LogP contribution in [0.2, 0.25) is 0 Å². The van der Waals surface area contributed by atoms with E-state index in [1.54, 1.807) is 0 Å². The molecule has 1 aromatic heterocycles. The van der Waals surface area contributed by atoms with Crippen molar-refractivity contribution in [1.29, 1.82) is 0 Å². The summed E-state index contributed by atoms with van der Waals surface area (Å²) in [6.07, 6.45) is 3.00. The summed E-state index contributed by atoms with van der Waals surface area (Å²) in [4.78, 5) is 0. The van der Waals surface area contributed by atoms with Gasteiger partial charge in [0, 0.05) is 6.54 Å². The van der Waals surface area contributed by atoms with E-state index >= 15 is 0 Å². The molecule has 0 atom stereocenters. The van der Waals surface area contributed by atoms with Crippen LogP contribution in [0, 0.1) is 3.57 Å². The minimum atomic E-state index is 0.978. The zero-order valence-corrected chi connectivity index (χ0v) is 8.42. The Morgan fingerprint density at radius 1 is 1.60 bits per heavy atom. The molecule has 1 aromatic rings. The predicted octanol–water partition coefficient (Wildman–Crippen LogP) is 2.07. The van der Waals surface area contributed by atoms with E-state index in [9.17, 15) is 0 Å². The summed E-state index contributed by atoms with van der Waals surface area (Å²) in [5.74, 6) is 0. The van der Waals surface area contributed by atoms with Crippen molar-refractivity contribution in [3.63, 3.8) is 0 Å². The molecule has 2 nitrogen and oxygen atoms in total. The molecule has 0 N–H and O–H groups in total. The third-order valence-corrected chi connectivity index (χ3v) is 2.43. The van der Waals surface area contributed by atoms with Gasteiger partial charge in [-0.3, -0.25) is 4.68 Å². The molecule has 0 spiro atoms. The van der Waals surface area contributed by atoms with Gasteiger partial charge in [0.15, 0.2) is 0 Å². The van der Waals surface area contributed by atoms with E-state index in [2.05, 4.69) is 41.5 Å². The van der Waals surface area contributed by atoms with Gasteiger partial charge in [-0.05, 0) is 35.9 Å². The van der Waals surface area contributed by atoms with Gasteiger partial charge in [0.1, 0.15) is 0 Å². The van der Waals surface area contributed by atoms with Gasteiger partial charge in [0.25, 0.3) is 0 Å². The summed E-state index contributed by atoms with van der Waals surface area (Å²) in [6.45, 7) is 5.25. The highest BCUT2D eigenvalue weighted by atomic mass is 127. The van der Waals surface area contributed by atoms with Crippen molar-refractivity contribution in [2.24, 2.45) is 0 Å². The van der Waals surface area contributed by atoms with Crippen LogP contribution in [0.5, 0.6) is 0 Å². The highest BCUT2D eigenvalue weighted by Crippen LogP contribution is 2.11. The first-order valence-corrected chi connectivity index (χ1v) is 4.57. The molecule has 0 saturated carbocycles. The normalized spacial score (nSPS) is 10.3. The van der Waals surface area contributed by atoms with E-state index < -0.39 is 0 Å². The van der Waals surface area contributed by atoms with Crippen molar-refractivity contribution in [3.8, 4) is 0 Å². The zero-order valence-electron chi connectivity index (χ0n) is 6.26. The van der Waals surface area contributed by atoms with Gasteiger partial charge in [0.2, 0.25) is 0 Å². The molecule has 0 radical (unpaired) electrons. The van der Waals surface area contributed by atoms with Crippen LogP contribution in [0.25, 0.3) is 0 Å². The Labute approximate surface area is 74.8 Å². The highest BCUT2D eigenvalue weighted by Gasteiger charge is 2.02. The Kier molecular flexibility index (Phi) is 2.71. The molecule has 0 aliphatic carbocycles. The molecule has 1 rings (SSSR count). The van der Waals surface area contributed by atoms with E-state index in [1.165, 1.54) is 9.26 Å². The molecule has 0 fully saturated rings. The zero-order chi connectivity index (χ0) is 7.56. The van der Waals surface area contributed by atoms with Crippen molar-refractivity contribution >= 4 is 22.6 Å². The maximum atomic E-state index is 4.21. The summed E-state index contributed by atoms with van der Waals surface area (Å²) < 4.78 is 3.32. The Hall–Kier alpha value is -0.0600. The SMILES string of the molecule is CCc1c(I)cnn1CC. The fraction of sp³-hybridized carbons (Fsp3) is 0.571. The van der Waals surface area contributed by atoms with Crippen LogP contribution in [-0.4, -0.2) is 9.78 Å². The van der Waals surface area contributed by atoms with Crippen molar-refractivity contribution < 1.29 is 0 Å². The maximum Gasteiger partial charge on any atom is 0.0626 e. The number of hydrogen-bond acceptors (Lipinski definition) is 1. The van der Waals surface area contributed by atoms with Gasteiger partial charge >= 0.3 is 0 Å². The molecule has 56 valence electrons. The van der Waals surface area contributed by atoms with Crippen molar-refractivity contribution in [3.05, 3.63) is 15.5 Å². The van der Waals surface area contributed by atoms with Crippen molar-refractivity contribution in [1.82, 2.24) is 9.78 Å². The van der Waals surface area contributed by atoms with E-state index in [-0.39, 0.29) is 0 Å². The van der Waals surface area contributed by atoms with Gasteiger partial charge in [0.05, 0.1) is 15.5 Å². The smallest absolute Gasteiger partial charge is 0.0626 e. The molecule has 0 aliphatic rings. The highest BCUT2D eigenvalue weighted by molar-refractivity contribution is 14.1. The van der Waals surface area contributed by atoms with Crippen LogP contribution >= 0.6 is 22.6 Å².